The zero-order valence-electron chi connectivity index (χ0n) is 12.3. The predicted molar refractivity (Wildman–Crippen MR) is 80.4 cm³/mol. The molecule has 3 nitrogen and oxygen atoms in total. The summed E-state index contributed by atoms with van der Waals surface area (Å²) in [5.74, 6) is 2.98. The Morgan fingerprint density at radius 3 is 2.26 bits per heavy atom. The van der Waals surface area contributed by atoms with Crippen LogP contribution < -0.4 is 10.6 Å². The molecule has 3 aliphatic carbocycles. The van der Waals surface area contributed by atoms with Crippen LogP contribution in [-0.4, -0.2) is 25.1 Å². The minimum Gasteiger partial charge on any atom is -0.354 e. The fourth-order valence-electron chi connectivity index (χ4n) is 4.07. The molecule has 0 aromatic rings. The topological polar surface area (TPSA) is 36.4 Å². The Bertz CT molecular complexity index is 314. The lowest BCUT2D eigenvalue weighted by atomic mass is 9.85. The number of rotatable bonds is 3. The molecule has 2 atom stereocenters. The maximum atomic E-state index is 4.41. The van der Waals surface area contributed by atoms with E-state index in [1.807, 2.05) is 7.05 Å². The molecule has 0 bridgehead atoms. The van der Waals surface area contributed by atoms with Crippen molar-refractivity contribution in [3.05, 3.63) is 0 Å². The Hall–Kier alpha value is -0.730. The summed E-state index contributed by atoms with van der Waals surface area (Å²) in [7, 11) is 1.91. The van der Waals surface area contributed by atoms with E-state index in [4.69, 9.17) is 0 Å². The van der Waals surface area contributed by atoms with E-state index >= 15 is 0 Å². The molecule has 3 rings (SSSR count). The Morgan fingerprint density at radius 1 is 0.895 bits per heavy atom. The molecule has 0 heterocycles. The first kappa shape index (κ1) is 13.3. The third kappa shape index (κ3) is 3.43. The van der Waals surface area contributed by atoms with Crippen LogP contribution in [0, 0.1) is 11.8 Å². The molecule has 0 amide bonds. The van der Waals surface area contributed by atoms with Gasteiger partial charge in [-0.15, -0.1) is 0 Å². The minimum absolute atomic E-state index is 0.665. The van der Waals surface area contributed by atoms with Gasteiger partial charge in [-0.3, -0.25) is 4.99 Å². The van der Waals surface area contributed by atoms with Gasteiger partial charge in [0.25, 0.3) is 0 Å². The second-order valence-corrected chi connectivity index (χ2v) is 6.75. The molecule has 3 fully saturated rings. The first-order valence-corrected chi connectivity index (χ1v) is 8.36. The normalized spacial score (nSPS) is 33.4. The number of nitrogens with one attached hydrogen (secondary N) is 2. The first-order chi connectivity index (χ1) is 9.36. The summed E-state index contributed by atoms with van der Waals surface area (Å²) in [4.78, 5) is 4.41. The minimum atomic E-state index is 0.665. The van der Waals surface area contributed by atoms with Crippen LogP contribution in [0.1, 0.15) is 64.2 Å². The van der Waals surface area contributed by atoms with Gasteiger partial charge in [-0.25, -0.2) is 0 Å². The van der Waals surface area contributed by atoms with Gasteiger partial charge in [0.15, 0.2) is 5.96 Å². The SMILES string of the molecule is CN=C(NC1CCCC1)NC1CC1C1CCCCC1. The summed E-state index contributed by atoms with van der Waals surface area (Å²) < 4.78 is 0. The van der Waals surface area contributed by atoms with Crippen molar-refractivity contribution in [2.24, 2.45) is 16.8 Å². The predicted octanol–water partition coefficient (Wildman–Crippen LogP) is 3.06. The smallest absolute Gasteiger partial charge is 0.191 e. The highest BCUT2D eigenvalue weighted by Crippen LogP contribution is 2.44. The van der Waals surface area contributed by atoms with E-state index in [2.05, 4.69) is 15.6 Å². The standard InChI is InChI=1S/C16H29N3/c1-17-16(18-13-9-5-6-10-13)19-15-11-14(15)12-7-3-2-4-8-12/h12-15H,2-11H2,1H3,(H2,17,18,19). The molecule has 19 heavy (non-hydrogen) atoms. The van der Waals surface area contributed by atoms with Gasteiger partial charge >= 0.3 is 0 Å². The molecule has 2 N–H and O–H groups in total. The van der Waals surface area contributed by atoms with Gasteiger partial charge in [0.1, 0.15) is 0 Å². The van der Waals surface area contributed by atoms with Crippen molar-refractivity contribution in [1.29, 1.82) is 0 Å². The van der Waals surface area contributed by atoms with Crippen molar-refractivity contribution in [3.8, 4) is 0 Å². The Balaban J connectivity index is 1.43. The zero-order valence-corrected chi connectivity index (χ0v) is 12.3. The third-order valence-electron chi connectivity index (χ3n) is 5.34. The largest absolute Gasteiger partial charge is 0.354 e. The maximum absolute atomic E-state index is 4.41. The zero-order chi connectivity index (χ0) is 13.1. The lowest BCUT2D eigenvalue weighted by molar-refractivity contribution is 0.315. The van der Waals surface area contributed by atoms with E-state index in [1.165, 1.54) is 64.2 Å². The van der Waals surface area contributed by atoms with Gasteiger partial charge in [-0.1, -0.05) is 44.9 Å². The monoisotopic (exact) mass is 263 g/mol. The highest BCUT2D eigenvalue weighted by atomic mass is 15.2. The van der Waals surface area contributed by atoms with Gasteiger partial charge in [0, 0.05) is 19.1 Å². The number of hydrogen-bond donors (Lipinski definition) is 2. The molecule has 108 valence electrons. The van der Waals surface area contributed by atoms with Crippen LogP contribution in [0.3, 0.4) is 0 Å². The highest BCUT2D eigenvalue weighted by Gasteiger charge is 2.43. The van der Waals surface area contributed by atoms with Crippen molar-refractivity contribution >= 4 is 5.96 Å². The van der Waals surface area contributed by atoms with Gasteiger partial charge in [0.05, 0.1) is 0 Å². The van der Waals surface area contributed by atoms with Crippen molar-refractivity contribution < 1.29 is 0 Å². The van der Waals surface area contributed by atoms with Crippen LogP contribution in [0.15, 0.2) is 4.99 Å². The summed E-state index contributed by atoms with van der Waals surface area (Å²) in [6.07, 6.45) is 14.1. The summed E-state index contributed by atoms with van der Waals surface area (Å²) in [6.45, 7) is 0. The first-order valence-electron chi connectivity index (χ1n) is 8.36. The van der Waals surface area contributed by atoms with E-state index in [9.17, 15) is 0 Å². The number of guanidine groups is 1. The summed E-state index contributed by atoms with van der Waals surface area (Å²) >= 11 is 0. The fraction of sp³-hybridized carbons (Fsp3) is 0.938. The van der Waals surface area contributed by atoms with Crippen LogP contribution in [0.4, 0.5) is 0 Å². The van der Waals surface area contributed by atoms with E-state index in [-0.39, 0.29) is 0 Å². The summed E-state index contributed by atoms with van der Waals surface area (Å²) in [5, 5.41) is 7.25. The van der Waals surface area contributed by atoms with Crippen LogP contribution in [0.2, 0.25) is 0 Å². The number of nitrogens with zero attached hydrogens (tertiary/aromatic N) is 1. The Labute approximate surface area is 117 Å². The van der Waals surface area contributed by atoms with Gasteiger partial charge in [-0.05, 0) is 31.1 Å². The molecule has 3 aliphatic rings. The van der Waals surface area contributed by atoms with Gasteiger partial charge in [-0.2, -0.15) is 0 Å². The molecule has 0 saturated heterocycles. The van der Waals surface area contributed by atoms with E-state index < -0.39 is 0 Å². The molecule has 3 heteroatoms. The molecule has 2 unspecified atom stereocenters. The Kier molecular flexibility index (Phi) is 4.29. The van der Waals surface area contributed by atoms with E-state index in [0.717, 1.165) is 17.8 Å². The van der Waals surface area contributed by atoms with Gasteiger partial charge < -0.3 is 10.6 Å². The summed E-state index contributed by atoms with van der Waals surface area (Å²) in [5.41, 5.74) is 0. The van der Waals surface area contributed by atoms with Crippen LogP contribution in [0.25, 0.3) is 0 Å². The molecular formula is C16H29N3. The van der Waals surface area contributed by atoms with Crippen molar-refractivity contribution in [2.75, 3.05) is 7.05 Å². The van der Waals surface area contributed by atoms with Gasteiger partial charge in [0.2, 0.25) is 0 Å². The maximum Gasteiger partial charge on any atom is 0.191 e. The van der Waals surface area contributed by atoms with Crippen LogP contribution in [-0.2, 0) is 0 Å². The van der Waals surface area contributed by atoms with Crippen molar-refractivity contribution in [1.82, 2.24) is 10.6 Å². The van der Waals surface area contributed by atoms with Crippen molar-refractivity contribution in [2.45, 2.75) is 76.3 Å². The molecule has 0 aromatic heterocycles. The fourth-order valence-corrected chi connectivity index (χ4v) is 4.07. The number of aliphatic imine (C=N–C) groups is 1. The average molecular weight is 263 g/mol. The quantitative estimate of drug-likeness (QED) is 0.606. The van der Waals surface area contributed by atoms with Crippen molar-refractivity contribution in [3.63, 3.8) is 0 Å². The lowest BCUT2D eigenvalue weighted by Crippen LogP contribution is -2.43. The number of hydrogen-bond acceptors (Lipinski definition) is 1. The highest BCUT2D eigenvalue weighted by molar-refractivity contribution is 5.80. The molecule has 0 spiro atoms. The molecule has 0 aliphatic heterocycles. The molecular weight excluding hydrogens is 234 g/mol. The Morgan fingerprint density at radius 2 is 1.58 bits per heavy atom. The van der Waals surface area contributed by atoms with E-state index in [0.29, 0.717) is 12.1 Å². The third-order valence-corrected chi connectivity index (χ3v) is 5.34. The molecule has 0 radical (unpaired) electrons. The van der Waals surface area contributed by atoms with E-state index in [1.54, 1.807) is 0 Å². The molecule has 3 saturated carbocycles. The van der Waals surface area contributed by atoms with Crippen LogP contribution in [0.5, 0.6) is 0 Å². The van der Waals surface area contributed by atoms with Crippen LogP contribution >= 0.6 is 0 Å². The lowest BCUT2D eigenvalue weighted by Gasteiger charge is -2.22. The average Bonchev–Trinajstić information content (AvgIpc) is 3.03. The second-order valence-electron chi connectivity index (χ2n) is 6.75. The molecule has 0 aromatic carbocycles. The second kappa shape index (κ2) is 6.15. The summed E-state index contributed by atoms with van der Waals surface area (Å²) in [6, 6.07) is 1.37.